The first-order valence-electron chi connectivity index (χ1n) is 18.3. The molecule has 6 aromatic carbocycles. The maximum absolute atomic E-state index is 8.97. The summed E-state index contributed by atoms with van der Waals surface area (Å²) >= 11 is 0. The van der Waals surface area contributed by atoms with Gasteiger partial charge in [0.25, 0.3) is 0 Å². The molecular weight excluding hydrogens is 548 g/mol. The first-order chi connectivity index (χ1) is 24.2. The van der Waals surface area contributed by atoms with Gasteiger partial charge < -0.3 is 9.15 Å². The first kappa shape index (κ1) is 21.6. The van der Waals surface area contributed by atoms with Crippen LogP contribution in [0.15, 0.2) is 114 Å². The normalized spacial score (nSPS) is 18.1. The number of ether oxygens (including phenoxy) is 1. The van der Waals surface area contributed by atoms with E-state index >= 15 is 0 Å². The lowest BCUT2D eigenvalue weighted by Crippen LogP contribution is -2.24. The monoisotopic (exact) mass is 590 g/mol. The average molecular weight is 591 g/mol. The molecule has 0 fully saturated rings. The number of aryl methyl sites for hydroxylation is 2. The van der Waals surface area contributed by atoms with E-state index < -0.39 is 19.1 Å². The van der Waals surface area contributed by atoms with Crippen LogP contribution in [0.3, 0.4) is 0 Å². The third-order valence-electron chi connectivity index (χ3n) is 9.51. The molecule has 0 N–H and O–H groups in total. The Morgan fingerprint density at radius 2 is 1.22 bits per heavy atom. The van der Waals surface area contributed by atoms with Crippen molar-refractivity contribution in [3.63, 3.8) is 0 Å². The Hall–Kier alpha value is -5.08. The molecule has 1 aromatic heterocycles. The zero-order chi connectivity index (χ0) is 36.0. The first-order valence-corrected chi connectivity index (χ1v) is 15.3. The Kier molecular flexibility index (Phi) is 4.78. The van der Waals surface area contributed by atoms with Crippen LogP contribution in [0.2, 0.25) is 0 Å². The summed E-state index contributed by atoms with van der Waals surface area (Å²) in [6.45, 7) is 2.76. The molecule has 220 valence electrons. The number of para-hydroxylation sites is 4. The van der Waals surface area contributed by atoms with Crippen LogP contribution >= 0.6 is 0 Å². The molecule has 0 spiro atoms. The van der Waals surface area contributed by atoms with Gasteiger partial charge in [0.2, 0.25) is 0 Å². The van der Waals surface area contributed by atoms with E-state index in [0.29, 0.717) is 39.3 Å². The third-order valence-corrected chi connectivity index (χ3v) is 9.51. The van der Waals surface area contributed by atoms with Crippen LogP contribution in [-0.2, 0) is 5.41 Å². The molecule has 2 nitrogen and oxygen atoms in total. The second kappa shape index (κ2) is 9.97. The van der Waals surface area contributed by atoms with Crippen molar-refractivity contribution in [2.24, 2.45) is 0 Å². The van der Waals surface area contributed by atoms with E-state index in [0.717, 1.165) is 55.3 Å². The van der Waals surface area contributed by atoms with Crippen LogP contribution in [0, 0.1) is 27.6 Å². The molecule has 0 bridgehead atoms. The molecule has 8 rings (SSSR count). The maximum Gasteiger partial charge on any atom is 0.143 e. The Morgan fingerprint density at radius 1 is 0.578 bits per heavy atom. The van der Waals surface area contributed by atoms with Crippen molar-refractivity contribution in [2.45, 2.75) is 46.8 Å². The SMILES string of the molecule is [2H]C([2H])([2H])c1c(-c2ccc(C)c(-c3cccc4c3oc3ccccc34)c2C)ccc(C)c1-c1cccc2c1Oc1ccccc1C2(C)C([2H])([2H])[2H]. The van der Waals surface area contributed by atoms with E-state index in [2.05, 4.69) is 25.1 Å². The summed E-state index contributed by atoms with van der Waals surface area (Å²) in [5, 5.41) is 2.06. The van der Waals surface area contributed by atoms with Crippen LogP contribution in [0.1, 0.15) is 55.4 Å². The van der Waals surface area contributed by atoms with Crippen molar-refractivity contribution >= 4 is 21.9 Å². The standard InChI is InChI=1S/C43H36O2/c1-25-21-23-29(27(3)39(25)33-15-11-14-32-31-13-7-9-19-37(31)44-41(32)33)30-24-22-26(2)40(28(30)4)34-16-12-18-36-42(34)45-38-20-10-8-17-35(38)43(36,5)6/h7-24H,1-6H3/i4D3,5D3. The van der Waals surface area contributed by atoms with Crippen molar-refractivity contribution < 1.29 is 17.4 Å². The fourth-order valence-electron chi connectivity index (χ4n) is 7.24. The number of fused-ring (bicyclic) bond motifs is 5. The van der Waals surface area contributed by atoms with Crippen LogP contribution < -0.4 is 4.74 Å². The number of hydrogen-bond donors (Lipinski definition) is 0. The van der Waals surface area contributed by atoms with Crippen LogP contribution in [0.25, 0.3) is 55.3 Å². The van der Waals surface area contributed by atoms with E-state index in [1.807, 2.05) is 80.6 Å². The van der Waals surface area contributed by atoms with Gasteiger partial charge in [0.1, 0.15) is 22.7 Å². The molecule has 1 atom stereocenters. The molecule has 45 heavy (non-hydrogen) atoms. The number of furan rings is 1. The molecule has 1 unspecified atom stereocenters. The van der Waals surface area contributed by atoms with Gasteiger partial charge in [-0.15, -0.1) is 0 Å². The molecule has 7 aromatic rings. The van der Waals surface area contributed by atoms with Gasteiger partial charge in [-0.25, -0.2) is 0 Å². The minimum Gasteiger partial charge on any atom is -0.456 e. The highest BCUT2D eigenvalue weighted by molar-refractivity contribution is 6.10. The Bertz CT molecular complexity index is 2540. The molecule has 0 saturated carbocycles. The molecular formula is C43H36O2. The average Bonchev–Trinajstić information content (AvgIpc) is 3.47. The minimum absolute atomic E-state index is 0.189. The summed E-state index contributed by atoms with van der Waals surface area (Å²) in [5.74, 6) is 0.803. The smallest absolute Gasteiger partial charge is 0.143 e. The Balaban J connectivity index is 1.39. The summed E-state index contributed by atoms with van der Waals surface area (Å²) in [6, 6.07) is 34.6. The topological polar surface area (TPSA) is 22.4 Å². The third kappa shape index (κ3) is 4.02. The van der Waals surface area contributed by atoms with Crippen LogP contribution in [0.5, 0.6) is 11.5 Å². The molecule has 1 aliphatic rings. The lowest BCUT2D eigenvalue weighted by molar-refractivity contribution is 0.419. The van der Waals surface area contributed by atoms with Crippen molar-refractivity contribution in [3.05, 3.63) is 143 Å². The molecule has 0 aliphatic carbocycles. The van der Waals surface area contributed by atoms with E-state index in [4.69, 9.17) is 17.4 Å². The summed E-state index contributed by atoms with van der Waals surface area (Å²) in [7, 11) is 0. The zero-order valence-electron chi connectivity index (χ0n) is 31.7. The van der Waals surface area contributed by atoms with E-state index in [1.54, 1.807) is 31.2 Å². The summed E-state index contributed by atoms with van der Waals surface area (Å²) in [5.41, 5.74) is 8.53. The molecule has 2 heterocycles. The van der Waals surface area contributed by atoms with Gasteiger partial charge in [-0.3, -0.25) is 0 Å². The second-order valence-electron chi connectivity index (χ2n) is 12.3. The quantitative estimate of drug-likeness (QED) is 0.204. The molecule has 0 radical (unpaired) electrons. The molecule has 1 aliphatic heterocycles. The molecule has 0 amide bonds. The number of benzene rings is 6. The highest BCUT2D eigenvalue weighted by atomic mass is 16.5. The van der Waals surface area contributed by atoms with Crippen LogP contribution in [0.4, 0.5) is 0 Å². The fraction of sp³-hybridized carbons (Fsp3) is 0.163. The fourth-order valence-corrected chi connectivity index (χ4v) is 7.24. The van der Waals surface area contributed by atoms with Gasteiger partial charge in [-0.1, -0.05) is 111 Å². The van der Waals surface area contributed by atoms with E-state index in [-0.39, 0.29) is 5.56 Å². The lowest BCUT2D eigenvalue weighted by Gasteiger charge is -2.35. The summed E-state index contributed by atoms with van der Waals surface area (Å²) in [6.07, 6.45) is 0. The second-order valence-corrected chi connectivity index (χ2v) is 12.3. The molecule has 2 heteroatoms. The lowest BCUT2D eigenvalue weighted by atomic mass is 9.74. The Morgan fingerprint density at radius 3 is 2.02 bits per heavy atom. The minimum atomic E-state index is -2.53. The van der Waals surface area contributed by atoms with Crippen molar-refractivity contribution in [1.29, 1.82) is 0 Å². The predicted octanol–water partition coefficient (Wildman–Crippen LogP) is 12.3. The van der Waals surface area contributed by atoms with Crippen LogP contribution in [-0.4, -0.2) is 0 Å². The van der Waals surface area contributed by atoms with Gasteiger partial charge in [0.15, 0.2) is 0 Å². The van der Waals surface area contributed by atoms with Gasteiger partial charge in [0.05, 0.1) is 0 Å². The number of hydrogen-bond acceptors (Lipinski definition) is 2. The predicted molar refractivity (Wildman–Crippen MR) is 188 cm³/mol. The summed E-state index contributed by atoms with van der Waals surface area (Å²) in [4.78, 5) is 0. The Labute approximate surface area is 273 Å². The summed E-state index contributed by atoms with van der Waals surface area (Å²) < 4.78 is 66.0. The molecule has 0 saturated heterocycles. The zero-order valence-corrected chi connectivity index (χ0v) is 25.7. The van der Waals surface area contributed by atoms with Crippen molar-refractivity contribution in [3.8, 4) is 44.9 Å². The van der Waals surface area contributed by atoms with Crippen molar-refractivity contribution in [1.82, 2.24) is 0 Å². The highest BCUT2D eigenvalue weighted by Crippen LogP contribution is 2.52. The van der Waals surface area contributed by atoms with Gasteiger partial charge in [0, 0.05) is 46.7 Å². The van der Waals surface area contributed by atoms with Gasteiger partial charge in [-0.05, 0) is 84.3 Å². The van der Waals surface area contributed by atoms with E-state index in [9.17, 15) is 0 Å². The van der Waals surface area contributed by atoms with E-state index in [1.165, 1.54) is 0 Å². The maximum atomic E-state index is 8.97. The number of rotatable bonds is 3. The van der Waals surface area contributed by atoms with Gasteiger partial charge >= 0.3 is 0 Å². The van der Waals surface area contributed by atoms with Gasteiger partial charge in [-0.2, -0.15) is 0 Å². The highest BCUT2D eigenvalue weighted by Gasteiger charge is 2.35. The van der Waals surface area contributed by atoms with Crippen molar-refractivity contribution in [2.75, 3.05) is 0 Å². The largest absolute Gasteiger partial charge is 0.456 e.